The van der Waals surface area contributed by atoms with Gasteiger partial charge >= 0.3 is 5.97 Å². The molecule has 1 atom stereocenters. The van der Waals surface area contributed by atoms with E-state index in [1.807, 2.05) is 24.3 Å². The van der Waals surface area contributed by atoms with E-state index in [2.05, 4.69) is 15.6 Å². The Morgan fingerprint density at radius 1 is 0.953 bits per heavy atom. The van der Waals surface area contributed by atoms with Crippen molar-refractivity contribution >= 4 is 22.8 Å². The molecule has 1 amide bonds. The number of aromatic nitrogens is 1. The third kappa shape index (κ3) is 6.87. The molecule has 4 aromatic rings. The van der Waals surface area contributed by atoms with Gasteiger partial charge in [0.05, 0.1) is 18.2 Å². The number of aromatic amines is 1. The molecule has 1 aliphatic rings. The number of aromatic hydroxyl groups is 1. The number of phenols is 1. The normalized spacial score (nSPS) is 14.3. The molecule has 0 spiro atoms. The highest BCUT2D eigenvalue weighted by molar-refractivity contribution is 5.98. The summed E-state index contributed by atoms with van der Waals surface area (Å²) >= 11 is 0. The molecule has 0 radical (unpaired) electrons. The van der Waals surface area contributed by atoms with Crippen LogP contribution in [0.25, 0.3) is 10.9 Å². The Labute approximate surface area is 248 Å². The van der Waals surface area contributed by atoms with Gasteiger partial charge in [-0.05, 0) is 72.8 Å². The molecule has 3 aromatic carbocycles. The second-order valence-corrected chi connectivity index (χ2v) is 10.9. The topological polar surface area (TPSA) is 161 Å². The lowest BCUT2D eigenvalue weighted by molar-refractivity contribution is -0.144. The molecule has 1 heterocycles. The summed E-state index contributed by atoms with van der Waals surface area (Å²) in [7, 11) is 0. The molecular weight excluding hydrogens is 550 g/mol. The van der Waals surface area contributed by atoms with Crippen molar-refractivity contribution in [3.05, 3.63) is 105 Å². The van der Waals surface area contributed by atoms with Crippen molar-refractivity contribution in [1.82, 2.24) is 15.6 Å². The lowest BCUT2D eigenvalue weighted by atomic mass is 9.95. The number of phenolic OH excluding ortho intramolecular Hbond substituents is 1. The summed E-state index contributed by atoms with van der Waals surface area (Å²) in [5.74, 6) is -1.02. The third-order valence-electron chi connectivity index (χ3n) is 7.83. The van der Waals surface area contributed by atoms with Gasteiger partial charge in [-0.2, -0.15) is 0 Å². The lowest BCUT2D eigenvalue weighted by Gasteiger charge is -2.25. The van der Waals surface area contributed by atoms with E-state index in [0.29, 0.717) is 47.5 Å². The minimum absolute atomic E-state index is 0.0456. The van der Waals surface area contributed by atoms with Gasteiger partial charge < -0.3 is 35.7 Å². The van der Waals surface area contributed by atoms with Gasteiger partial charge in [-0.1, -0.05) is 36.4 Å². The van der Waals surface area contributed by atoms with Gasteiger partial charge in [-0.25, -0.2) is 4.79 Å². The summed E-state index contributed by atoms with van der Waals surface area (Å²) in [5.41, 5.74) is 1.42. The minimum Gasteiger partial charge on any atom is -0.506 e. The van der Waals surface area contributed by atoms with Crippen LogP contribution in [0.3, 0.4) is 0 Å². The molecule has 1 aliphatic carbocycles. The number of aliphatic hydroxyl groups is 1. The number of H-pyrrole nitrogens is 1. The Morgan fingerprint density at radius 3 is 2.47 bits per heavy atom. The lowest BCUT2D eigenvalue weighted by Crippen LogP contribution is -2.55. The molecule has 224 valence electrons. The van der Waals surface area contributed by atoms with E-state index < -0.39 is 23.5 Å². The second-order valence-electron chi connectivity index (χ2n) is 10.9. The van der Waals surface area contributed by atoms with E-state index in [1.165, 1.54) is 12.1 Å². The number of pyridine rings is 1. The number of hydrogen-bond donors (Lipinski definition) is 6. The summed E-state index contributed by atoms with van der Waals surface area (Å²) in [6, 6.07) is 20.3. The number of rotatable bonds is 13. The number of carbonyl (C=O) groups is 2. The van der Waals surface area contributed by atoms with E-state index in [4.69, 9.17) is 4.74 Å². The fourth-order valence-corrected chi connectivity index (χ4v) is 5.54. The Bertz CT molecular complexity index is 1660. The van der Waals surface area contributed by atoms with E-state index in [-0.39, 0.29) is 24.2 Å². The van der Waals surface area contributed by atoms with Gasteiger partial charge in [-0.15, -0.1) is 0 Å². The zero-order chi connectivity index (χ0) is 30.4. The standard InChI is InChI=1S/C33H35N3O7/c37-27-13-11-25(26-12-14-29(39)35-30(26)27)28(38)20-34-15-4-1-5-16-43-24-10-6-9-21(17-24)31(40)36-33(32(41)42)18-22-7-2-3-8-23(22)19-33/h2-3,6-14,17,28,34,37-38H,1,4-5,15-16,18-20H2,(H,35,39)(H,36,40)(H,41,42). The van der Waals surface area contributed by atoms with Gasteiger partial charge in [0.15, 0.2) is 0 Å². The maximum absolute atomic E-state index is 13.0. The summed E-state index contributed by atoms with van der Waals surface area (Å²) in [5, 5.41) is 37.2. The van der Waals surface area contributed by atoms with Gasteiger partial charge in [0, 0.05) is 36.4 Å². The predicted octanol–water partition coefficient (Wildman–Crippen LogP) is 3.46. The molecule has 0 fully saturated rings. The predicted molar refractivity (Wildman–Crippen MR) is 162 cm³/mol. The second kappa shape index (κ2) is 13.1. The molecule has 1 unspecified atom stereocenters. The summed E-state index contributed by atoms with van der Waals surface area (Å²) in [4.78, 5) is 39.4. The van der Waals surface area contributed by atoms with Crippen LogP contribution in [-0.2, 0) is 17.6 Å². The van der Waals surface area contributed by atoms with Crippen molar-refractivity contribution in [3.63, 3.8) is 0 Å². The number of fused-ring (bicyclic) bond motifs is 2. The van der Waals surface area contributed by atoms with Crippen LogP contribution in [0.4, 0.5) is 0 Å². The smallest absolute Gasteiger partial charge is 0.330 e. The molecule has 43 heavy (non-hydrogen) atoms. The minimum atomic E-state index is -1.38. The highest BCUT2D eigenvalue weighted by Crippen LogP contribution is 2.31. The average molecular weight is 586 g/mol. The Kier molecular flexibility index (Phi) is 9.08. The number of carbonyl (C=O) groups excluding carboxylic acids is 1. The molecule has 0 saturated heterocycles. The van der Waals surface area contributed by atoms with Gasteiger partial charge in [0.1, 0.15) is 17.0 Å². The Morgan fingerprint density at radius 2 is 1.72 bits per heavy atom. The summed E-state index contributed by atoms with van der Waals surface area (Å²) < 4.78 is 5.85. The molecular formula is C33H35N3O7. The SMILES string of the molecule is O=C(NC1(C(=O)O)Cc2ccccc2C1)c1cccc(OCCCCCNCC(O)c2ccc(O)c3[nH]c(=O)ccc23)c1. The van der Waals surface area contributed by atoms with Crippen molar-refractivity contribution in [1.29, 1.82) is 0 Å². The van der Waals surface area contributed by atoms with E-state index >= 15 is 0 Å². The number of carboxylic acids is 1. The van der Waals surface area contributed by atoms with Crippen LogP contribution in [0.15, 0.2) is 77.6 Å². The van der Waals surface area contributed by atoms with Crippen molar-refractivity contribution in [2.45, 2.75) is 43.7 Å². The first kappa shape index (κ1) is 29.8. The van der Waals surface area contributed by atoms with Crippen LogP contribution < -0.4 is 20.9 Å². The van der Waals surface area contributed by atoms with Gasteiger partial charge in [0.25, 0.3) is 5.91 Å². The van der Waals surface area contributed by atoms with Crippen LogP contribution in [0.2, 0.25) is 0 Å². The average Bonchev–Trinajstić information content (AvgIpc) is 3.38. The molecule has 10 heteroatoms. The van der Waals surface area contributed by atoms with Crippen LogP contribution in [0.1, 0.15) is 52.4 Å². The van der Waals surface area contributed by atoms with Crippen LogP contribution in [0, 0.1) is 0 Å². The number of benzene rings is 3. The van der Waals surface area contributed by atoms with Crippen molar-refractivity contribution < 1.29 is 29.6 Å². The molecule has 0 aliphatic heterocycles. The molecule has 5 rings (SSSR count). The first-order chi connectivity index (χ1) is 20.8. The Hall–Kier alpha value is -4.67. The van der Waals surface area contributed by atoms with Gasteiger partial charge in [0.2, 0.25) is 5.56 Å². The first-order valence-electron chi connectivity index (χ1n) is 14.3. The van der Waals surface area contributed by atoms with Crippen LogP contribution >= 0.6 is 0 Å². The molecule has 6 N–H and O–H groups in total. The number of nitrogens with one attached hydrogen (secondary N) is 3. The maximum atomic E-state index is 13.0. The highest BCUT2D eigenvalue weighted by Gasteiger charge is 2.45. The van der Waals surface area contributed by atoms with E-state index in [0.717, 1.165) is 30.4 Å². The number of amides is 1. The zero-order valence-corrected chi connectivity index (χ0v) is 23.6. The number of hydrogen-bond acceptors (Lipinski definition) is 7. The fraction of sp³-hybridized carbons (Fsp3) is 0.303. The van der Waals surface area contributed by atoms with Crippen LogP contribution in [-0.4, -0.2) is 57.4 Å². The van der Waals surface area contributed by atoms with E-state index in [1.54, 1.807) is 36.4 Å². The molecule has 1 aromatic heterocycles. The molecule has 0 saturated carbocycles. The van der Waals surface area contributed by atoms with Crippen molar-refractivity contribution in [2.24, 2.45) is 0 Å². The van der Waals surface area contributed by atoms with Gasteiger partial charge in [-0.3, -0.25) is 9.59 Å². The fourth-order valence-electron chi connectivity index (χ4n) is 5.54. The quantitative estimate of drug-likeness (QED) is 0.130. The number of carboxylic acid groups (broad SMARTS) is 1. The number of ether oxygens (including phenoxy) is 1. The number of aliphatic carboxylic acids is 1. The van der Waals surface area contributed by atoms with E-state index in [9.17, 15) is 29.7 Å². The zero-order valence-electron chi connectivity index (χ0n) is 23.6. The largest absolute Gasteiger partial charge is 0.506 e. The summed E-state index contributed by atoms with van der Waals surface area (Å²) in [6.45, 7) is 1.47. The molecule has 0 bridgehead atoms. The van der Waals surface area contributed by atoms with Crippen molar-refractivity contribution in [2.75, 3.05) is 19.7 Å². The third-order valence-corrected chi connectivity index (χ3v) is 7.83. The van der Waals surface area contributed by atoms with Crippen molar-refractivity contribution in [3.8, 4) is 11.5 Å². The number of unbranched alkanes of at least 4 members (excludes halogenated alkanes) is 2. The number of aliphatic hydroxyl groups excluding tert-OH is 1. The highest BCUT2D eigenvalue weighted by atomic mass is 16.5. The Balaban J connectivity index is 1.04. The summed E-state index contributed by atoms with van der Waals surface area (Å²) in [6.07, 6.45) is 2.21. The van der Waals surface area contributed by atoms with Crippen LogP contribution in [0.5, 0.6) is 11.5 Å². The molecule has 10 nitrogen and oxygen atoms in total. The monoisotopic (exact) mass is 585 g/mol. The maximum Gasteiger partial charge on any atom is 0.330 e. The first-order valence-corrected chi connectivity index (χ1v) is 14.3.